The number of carbonyl (C=O) groups excluding carboxylic acids is 2. The summed E-state index contributed by atoms with van der Waals surface area (Å²) in [4.78, 5) is 28.1. The molecule has 138 valence electrons. The lowest BCUT2D eigenvalue weighted by molar-refractivity contribution is -0.173. The van der Waals surface area contributed by atoms with Gasteiger partial charge in [-0.05, 0) is 30.7 Å². The van der Waals surface area contributed by atoms with Crippen molar-refractivity contribution in [3.05, 3.63) is 72.8 Å². The number of rotatable bonds is 4. The van der Waals surface area contributed by atoms with Gasteiger partial charge in [0.2, 0.25) is 11.8 Å². The Bertz CT molecular complexity index is 895. The first kappa shape index (κ1) is 17.3. The molecule has 0 radical (unpaired) electrons. The predicted molar refractivity (Wildman–Crippen MR) is 103 cm³/mol. The third-order valence-corrected chi connectivity index (χ3v) is 5.39. The number of para-hydroxylation sites is 2. The minimum absolute atomic E-state index is 0.225. The van der Waals surface area contributed by atoms with Crippen LogP contribution in [0.1, 0.15) is 24.8 Å². The van der Waals surface area contributed by atoms with Gasteiger partial charge in [-0.15, -0.1) is 6.58 Å². The summed E-state index contributed by atoms with van der Waals surface area (Å²) in [6, 6.07) is 16.9. The summed E-state index contributed by atoms with van der Waals surface area (Å²) in [5.41, 5.74) is 0.808. The van der Waals surface area contributed by atoms with Gasteiger partial charge in [0.15, 0.2) is 5.72 Å². The number of benzene rings is 2. The van der Waals surface area contributed by atoms with Crippen molar-refractivity contribution in [2.45, 2.75) is 25.0 Å². The molecule has 4 rings (SSSR count). The quantitative estimate of drug-likeness (QED) is 0.668. The summed E-state index contributed by atoms with van der Waals surface area (Å²) in [5.74, 6) is -0.809. The van der Waals surface area contributed by atoms with Gasteiger partial charge in [-0.1, -0.05) is 42.5 Å². The number of likely N-dealkylation sites (tertiary alicyclic amines) is 1. The number of hydrogen-bond donors (Lipinski definition) is 1. The van der Waals surface area contributed by atoms with E-state index in [0.29, 0.717) is 18.7 Å². The molecule has 5 heteroatoms. The summed E-state index contributed by atoms with van der Waals surface area (Å²) in [5, 5.41) is 2.90. The van der Waals surface area contributed by atoms with Gasteiger partial charge in [0, 0.05) is 24.6 Å². The zero-order valence-corrected chi connectivity index (χ0v) is 15.2. The molecule has 2 heterocycles. The van der Waals surface area contributed by atoms with Crippen molar-refractivity contribution >= 4 is 17.5 Å². The van der Waals surface area contributed by atoms with Crippen molar-refractivity contribution in [3.63, 3.8) is 0 Å². The van der Waals surface area contributed by atoms with Crippen molar-refractivity contribution in [2.24, 2.45) is 5.92 Å². The van der Waals surface area contributed by atoms with Gasteiger partial charge >= 0.3 is 0 Å². The molecular weight excluding hydrogens is 340 g/mol. The van der Waals surface area contributed by atoms with E-state index in [9.17, 15) is 9.59 Å². The van der Waals surface area contributed by atoms with Gasteiger partial charge in [-0.3, -0.25) is 9.59 Å². The first-order chi connectivity index (χ1) is 13.0. The molecule has 2 bridgehead atoms. The van der Waals surface area contributed by atoms with Crippen LogP contribution < -0.4 is 10.1 Å². The molecule has 27 heavy (non-hydrogen) atoms. The van der Waals surface area contributed by atoms with Crippen molar-refractivity contribution < 1.29 is 14.3 Å². The number of nitrogens with one attached hydrogen (secondary N) is 1. The summed E-state index contributed by atoms with van der Waals surface area (Å²) < 4.78 is 6.20. The average Bonchev–Trinajstić information content (AvgIpc) is 2.66. The van der Waals surface area contributed by atoms with Crippen LogP contribution in [-0.2, 0) is 9.59 Å². The highest BCUT2D eigenvalue weighted by Gasteiger charge is 2.55. The van der Waals surface area contributed by atoms with Crippen LogP contribution in [0, 0.1) is 5.92 Å². The van der Waals surface area contributed by atoms with E-state index in [-0.39, 0.29) is 17.7 Å². The molecule has 1 saturated heterocycles. The molecule has 0 spiro atoms. The molecule has 2 aliphatic rings. The number of anilines is 1. The third-order valence-electron chi connectivity index (χ3n) is 5.39. The first-order valence-corrected chi connectivity index (χ1v) is 9.10. The largest absolute Gasteiger partial charge is 0.468 e. The van der Waals surface area contributed by atoms with E-state index in [1.807, 2.05) is 61.5 Å². The first-order valence-electron chi connectivity index (χ1n) is 9.10. The van der Waals surface area contributed by atoms with Gasteiger partial charge in [-0.2, -0.15) is 0 Å². The normalized spacial score (nSPS) is 26.0. The zero-order valence-electron chi connectivity index (χ0n) is 15.2. The Morgan fingerprint density at radius 3 is 2.70 bits per heavy atom. The number of fused-ring (bicyclic) bond motifs is 4. The molecule has 1 N–H and O–H groups in total. The molecule has 5 nitrogen and oxygen atoms in total. The SMILES string of the molecule is C=CCN1C(=O)C(C(=O)Nc2ccccc2)C2CC1(C)Oc1ccccc12. The fourth-order valence-electron chi connectivity index (χ4n) is 4.16. The van der Waals surface area contributed by atoms with E-state index in [2.05, 4.69) is 11.9 Å². The molecule has 0 aliphatic carbocycles. The summed E-state index contributed by atoms with van der Waals surface area (Å²) in [6.45, 7) is 6.00. The number of piperidine rings is 1. The smallest absolute Gasteiger partial charge is 0.239 e. The second-order valence-corrected chi connectivity index (χ2v) is 7.20. The van der Waals surface area contributed by atoms with Crippen LogP contribution in [0.15, 0.2) is 67.3 Å². The summed E-state index contributed by atoms with van der Waals surface area (Å²) in [6.07, 6.45) is 2.23. The van der Waals surface area contributed by atoms with Crippen LogP contribution in [0.4, 0.5) is 5.69 Å². The highest BCUT2D eigenvalue weighted by atomic mass is 16.5. The molecule has 2 aromatic rings. The fraction of sp³-hybridized carbons (Fsp3) is 0.273. The Kier molecular flexibility index (Phi) is 4.22. The van der Waals surface area contributed by atoms with Crippen LogP contribution in [-0.4, -0.2) is 29.0 Å². The fourth-order valence-corrected chi connectivity index (χ4v) is 4.16. The highest BCUT2D eigenvalue weighted by molar-refractivity contribution is 6.08. The standard InChI is InChI=1S/C22H22N2O3/c1-3-13-24-21(26)19(20(25)23-15-9-5-4-6-10-15)17-14-22(24,2)27-18-12-8-7-11-16(17)18/h3-12,17,19H,1,13-14H2,2H3,(H,23,25). The lowest BCUT2D eigenvalue weighted by Crippen LogP contribution is -2.64. The minimum atomic E-state index is -0.803. The van der Waals surface area contributed by atoms with E-state index in [1.54, 1.807) is 11.0 Å². The van der Waals surface area contributed by atoms with Crippen molar-refractivity contribution in [3.8, 4) is 5.75 Å². The Hall–Kier alpha value is -3.08. The second-order valence-electron chi connectivity index (χ2n) is 7.20. The average molecular weight is 362 g/mol. The monoisotopic (exact) mass is 362 g/mol. The Morgan fingerprint density at radius 1 is 1.26 bits per heavy atom. The highest BCUT2D eigenvalue weighted by Crippen LogP contribution is 2.50. The molecular formula is C22H22N2O3. The molecule has 0 saturated carbocycles. The number of carbonyl (C=O) groups is 2. The number of amides is 2. The second kappa shape index (κ2) is 6.58. The van der Waals surface area contributed by atoms with E-state index in [4.69, 9.17) is 4.74 Å². The van der Waals surface area contributed by atoms with Crippen molar-refractivity contribution in [1.82, 2.24) is 4.90 Å². The summed E-state index contributed by atoms with van der Waals surface area (Å²) >= 11 is 0. The predicted octanol–water partition coefficient (Wildman–Crippen LogP) is 3.55. The third kappa shape index (κ3) is 2.89. The Morgan fingerprint density at radius 2 is 1.96 bits per heavy atom. The lowest BCUT2D eigenvalue weighted by atomic mass is 9.73. The van der Waals surface area contributed by atoms with Crippen LogP contribution in [0.2, 0.25) is 0 Å². The number of ether oxygens (including phenoxy) is 1. The minimum Gasteiger partial charge on any atom is -0.468 e. The van der Waals surface area contributed by atoms with E-state index >= 15 is 0 Å². The Balaban J connectivity index is 1.75. The lowest BCUT2D eigenvalue weighted by Gasteiger charge is -2.52. The topological polar surface area (TPSA) is 58.6 Å². The van der Waals surface area contributed by atoms with E-state index in [1.165, 1.54) is 0 Å². The molecule has 1 fully saturated rings. The van der Waals surface area contributed by atoms with Gasteiger partial charge in [0.05, 0.1) is 0 Å². The molecule has 2 aromatic carbocycles. The summed E-state index contributed by atoms with van der Waals surface area (Å²) in [7, 11) is 0. The maximum Gasteiger partial charge on any atom is 0.239 e. The van der Waals surface area contributed by atoms with Gasteiger partial charge in [0.1, 0.15) is 11.7 Å². The Labute approximate surface area is 158 Å². The maximum absolute atomic E-state index is 13.3. The van der Waals surface area contributed by atoms with Gasteiger partial charge in [-0.25, -0.2) is 0 Å². The molecule has 3 atom stereocenters. The maximum atomic E-state index is 13.3. The zero-order chi connectivity index (χ0) is 19.0. The van der Waals surface area contributed by atoms with Crippen LogP contribution in [0.5, 0.6) is 5.75 Å². The number of nitrogens with zero attached hydrogens (tertiary/aromatic N) is 1. The number of hydrogen-bond acceptors (Lipinski definition) is 3. The van der Waals surface area contributed by atoms with Crippen molar-refractivity contribution in [2.75, 3.05) is 11.9 Å². The molecule has 3 unspecified atom stereocenters. The van der Waals surface area contributed by atoms with Crippen molar-refractivity contribution in [1.29, 1.82) is 0 Å². The van der Waals surface area contributed by atoms with Gasteiger partial charge in [0.25, 0.3) is 0 Å². The van der Waals surface area contributed by atoms with E-state index in [0.717, 1.165) is 11.3 Å². The van der Waals surface area contributed by atoms with E-state index < -0.39 is 11.6 Å². The molecule has 2 amide bonds. The van der Waals surface area contributed by atoms with Crippen LogP contribution in [0.3, 0.4) is 0 Å². The molecule has 2 aliphatic heterocycles. The van der Waals surface area contributed by atoms with Gasteiger partial charge < -0.3 is 15.0 Å². The van der Waals surface area contributed by atoms with Crippen LogP contribution >= 0.6 is 0 Å². The molecule has 0 aromatic heterocycles. The van der Waals surface area contributed by atoms with Crippen LogP contribution in [0.25, 0.3) is 0 Å².